The number of benzene rings is 1. The van der Waals surface area contributed by atoms with Crippen molar-refractivity contribution in [3.63, 3.8) is 0 Å². The first-order chi connectivity index (χ1) is 11.2. The van der Waals surface area contributed by atoms with Crippen LogP contribution in [0.5, 0.6) is 5.75 Å². The first kappa shape index (κ1) is 17.7. The molecule has 0 saturated heterocycles. The first-order valence-corrected chi connectivity index (χ1v) is 8.84. The monoisotopic (exact) mass is 336 g/mol. The quantitative estimate of drug-likeness (QED) is 0.695. The van der Waals surface area contributed by atoms with Crippen LogP contribution in [0.1, 0.15) is 33.1 Å². The number of rotatable bonds is 8. The first-order valence-electron chi connectivity index (χ1n) is 8.02. The van der Waals surface area contributed by atoms with Crippen LogP contribution in [0.2, 0.25) is 0 Å². The summed E-state index contributed by atoms with van der Waals surface area (Å²) in [5, 5.41) is 0. The van der Waals surface area contributed by atoms with Crippen LogP contribution in [0.25, 0.3) is 10.2 Å². The molecule has 126 valence electrons. The summed E-state index contributed by atoms with van der Waals surface area (Å²) >= 11 is 1.51. The van der Waals surface area contributed by atoms with Crippen molar-refractivity contribution in [1.82, 2.24) is 4.57 Å². The Balaban J connectivity index is 2.41. The molecule has 0 aliphatic carbocycles. The summed E-state index contributed by atoms with van der Waals surface area (Å²) in [6.45, 7) is 6.01. The number of hydrogen-bond acceptors (Lipinski definition) is 4. The fourth-order valence-electron chi connectivity index (χ4n) is 2.27. The Hall–Kier alpha value is -1.66. The summed E-state index contributed by atoms with van der Waals surface area (Å²) in [4.78, 5) is 17.1. The van der Waals surface area contributed by atoms with Crippen LogP contribution in [0.3, 0.4) is 0 Å². The van der Waals surface area contributed by atoms with Crippen LogP contribution in [-0.2, 0) is 16.1 Å². The maximum Gasteiger partial charge on any atom is 0.248 e. The molecule has 0 radical (unpaired) electrons. The molecule has 1 aromatic heterocycles. The molecule has 0 aliphatic rings. The van der Waals surface area contributed by atoms with Crippen LogP contribution in [0.4, 0.5) is 0 Å². The Bertz CT molecular complexity index is 718. The number of methoxy groups -OCH3 is 1. The summed E-state index contributed by atoms with van der Waals surface area (Å²) in [7, 11) is 1.65. The fraction of sp³-hybridized carbons (Fsp3) is 0.529. The molecule has 0 fully saturated rings. The van der Waals surface area contributed by atoms with Crippen LogP contribution < -0.4 is 9.54 Å². The number of ether oxygens (including phenoxy) is 2. The average molecular weight is 336 g/mol. The van der Waals surface area contributed by atoms with Gasteiger partial charge < -0.3 is 14.0 Å². The van der Waals surface area contributed by atoms with E-state index in [2.05, 4.69) is 16.5 Å². The van der Waals surface area contributed by atoms with E-state index in [0.717, 1.165) is 33.6 Å². The van der Waals surface area contributed by atoms with Crippen molar-refractivity contribution in [1.29, 1.82) is 0 Å². The minimum atomic E-state index is -0.0597. The zero-order chi connectivity index (χ0) is 16.7. The van der Waals surface area contributed by atoms with Gasteiger partial charge in [0.15, 0.2) is 4.80 Å². The second kappa shape index (κ2) is 8.84. The Morgan fingerprint density at radius 2 is 2.17 bits per heavy atom. The molecule has 5 nitrogen and oxygen atoms in total. The second-order valence-electron chi connectivity index (χ2n) is 5.18. The smallest absolute Gasteiger partial charge is 0.248 e. The van der Waals surface area contributed by atoms with E-state index in [4.69, 9.17) is 9.47 Å². The highest BCUT2D eigenvalue weighted by molar-refractivity contribution is 7.16. The largest absolute Gasteiger partial charge is 0.497 e. The average Bonchev–Trinajstić information content (AvgIpc) is 2.89. The molecule has 1 amide bonds. The lowest BCUT2D eigenvalue weighted by molar-refractivity contribution is -0.118. The van der Waals surface area contributed by atoms with Crippen LogP contribution >= 0.6 is 11.3 Å². The van der Waals surface area contributed by atoms with Crippen molar-refractivity contribution >= 4 is 27.5 Å². The molecule has 0 N–H and O–H groups in total. The normalized spacial score (nSPS) is 12.0. The molecular weight excluding hydrogens is 312 g/mol. The molecule has 0 bridgehead atoms. The van der Waals surface area contributed by atoms with Gasteiger partial charge in [-0.3, -0.25) is 4.79 Å². The number of hydrogen-bond donors (Lipinski definition) is 0. The van der Waals surface area contributed by atoms with Gasteiger partial charge in [0.05, 0.1) is 23.9 Å². The van der Waals surface area contributed by atoms with E-state index >= 15 is 0 Å². The molecule has 6 heteroatoms. The van der Waals surface area contributed by atoms with E-state index in [1.54, 1.807) is 7.11 Å². The van der Waals surface area contributed by atoms with Crippen molar-refractivity contribution in [3.05, 3.63) is 23.0 Å². The van der Waals surface area contributed by atoms with Crippen molar-refractivity contribution in [3.8, 4) is 5.75 Å². The van der Waals surface area contributed by atoms with Gasteiger partial charge in [0.2, 0.25) is 5.91 Å². The van der Waals surface area contributed by atoms with Gasteiger partial charge in [-0.2, -0.15) is 4.99 Å². The summed E-state index contributed by atoms with van der Waals surface area (Å²) in [6, 6.07) is 5.91. The van der Waals surface area contributed by atoms with Gasteiger partial charge in [0, 0.05) is 19.6 Å². The van der Waals surface area contributed by atoms with E-state index < -0.39 is 0 Å². The zero-order valence-corrected chi connectivity index (χ0v) is 14.8. The van der Waals surface area contributed by atoms with Gasteiger partial charge in [0.1, 0.15) is 5.75 Å². The van der Waals surface area contributed by atoms with Crippen molar-refractivity contribution in [2.24, 2.45) is 4.99 Å². The predicted octanol–water partition coefficient (Wildman–Crippen LogP) is 3.37. The lowest BCUT2D eigenvalue weighted by Gasteiger charge is -2.06. The second-order valence-corrected chi connectivity index (χ2v) is 6.19. The Morgan fingerprint density at radius 3 is 2.87 bits per heavy atom. The highest BCUT2D eigenvalue weighted by atomic mass is 32.1. The van der Waals surface area contributed by atoms with E-state index in [0.29, 0.717) is 26.2 Å². The SMILES string of the molecule is CCCCC(=O)N=c1sc2cc(OC)ccc2n1CCOCC. The highest BCUT2D eigenvalue weighted by Gasteiger charge is 2.09. The van der Waals surface area contributed by atoms with Crippen LogP contribution in [0, 0.1) is 0 Å². The molecule has 0 spiro atoms. The summed E-state index contributed by atoms with van der Waals surface area (Å²) in [5.41, 5.74) is 1.05. The minimum absolute atomic E-state index is 0.0597. The Kier molecular flexibility index (Phi) is 6.80. The number of nitrogens with zero attached hydrogens (tertiary/aromatic N) is 2. The number of thiazole rings is 1. The predicted molar refractivity (Wildman–Crippen MR) is 93.0 cm³/mol. The number of unbranched alkanes of at least 4 members (excludes halogenated alkanes) is 1. The molecule has 0 unspecified atom stereocenters. The van der Waals surface area contributed by atoms with Gasteiger partial charge in [0.25, 0.3) is 0 Å². The topological polar surface area (TPSA) is 52.8 Å². The van der Waals surface area contributed by atoms with Gasteiger partial charge >= 0.3 is 0 Å². The lowest BCUT2D eigenvalue weighted by atomic mass is 10.2. The van der Waals surface area contributed by atoms with Crippen LogP contribution in [0.15, 0.2) is 23.2 Å². The molecule has 0 atom stereocenters. The van der Waals surface area contributed by atoms with Gasteiger partial charge in [-0.25, -0.2) is 0 Å². The maximum atomic E-state index is 12.0. The molecule has 2 rings (SSSR count). The fourth-order valence-corrected chi connectivity index (χ4v) is 3.37. The molecule has 1 aromatic carbocycles. The van der Waals surface area contributed by atoms with Crippen molar-refractivity contribution in [2.45, 2.75) is 39.7 Å². The third-order valence-electron chi connectivity index (χ3n) is 3.52. The lowest BCUT2D eigenvalue weighted by Crippen LogP contribution is -2.19. The third kappa shape index (κ3) is 4.65. The summed E-state index contributed by atoms with van der Waals surface area (Å²) < 4.78 is 13.9. The van der Waals surface area contributed by atoms with E-state index in [1.807, 2.05) is 25.1 Å². The standard InChI is InChI=1S/C17H24N2O3S/c1-4-6-7-16(20)18-17-19(10-11-22-5-2)14-9-8-13(21-3)12-15(14)23-17/h8-9,12H,4-7,10-11H2,1-3H3. The van der Waals surface area contributed by atoms with Gasteiger partial charge in [-0.15, -0.1) is 0 Å². The molecular formula is C17H24N2O3S. The molecule has 2 aromatic rings. The van der Waals surface area contributed by atoms with Crippen LogP contribution in [-0.4, -0.2) is 30.8 Å². The summed E-state index contributed by atoms with van der Waals surface area (Å²) in [5.74, 6) is 0.745. The number of fused-ring (bicyclic) bond motifs is 1. The molecule has 23 heavy (non-hydrogen) atoms. The molecule has 1 heterocycles. The minimum Gasteiger partial charge on any atom is -0.497 e. The van der Waals surface area contributed by atoms with Crippen molar-refractivity contribution in [2.75, 3.05) is 20.3 Å². The number of carbonyl (C=O) groups is 1. The molecule has 0 saturated carbocycles. The Labute approximate surface area is 140 Å². The van der Waals surface area contributed by atoms with Crippen molar-refractivity contribution < 1.29 is 14.3 Å². The number of amides is 1. The molecule has 0 aliphatic heterocycles. The van der Waals surface area contributed by atoms with Gasteiger partial charge in [-0.1, -0.05) is 24.7 Å². The third-order valence-corrected chi connectivity index (χ3v) is 4.56. The van der Waals surface area contributed by atoms with Gasteiger partial charge in [-0.05, 0) is 31.5 Å². The number of carbonyl (C=O) groups excluding carboxylic acids is 1. The zero-order valence-electron chi connectivity index (χ0n) is 14.0. The van der Waals surface area contributed by atoms with E-state index in [1.165, 1.54) is 11.3 Å². The highest BCUT2D eigenvalue weighted by Crippen LogP contribution is 2.23. The Morgan fingerprint density at radius 1 is 1.35 bits per heavy atom. The number of aromatic nitrogens is 1. The van der Waals surface area contributed by atoms with E-state index in [-0.39, 0.29) is 5.91 Å². The summed E-state index contributed by atoms with van der Waals surface area (Å²) in [6.07, 6.45) is 2.37. The van der Waals surface area contributed by atoms with E-state index in [9.17, 15) is 4.79 Å². The maximum absolute atomic E-state index is 12.0.